The maximum atomic E-state index is 11.6. The molecule has 1 saturated carbocycles. The molecule has 0 bridgehead atoms. The standard InChI is InChI=1S/C28H50O6/c1-4-5-6-9-12-16-28(32-18-19-33-28)17-15-24-23(21-29)20-26(30)25(24)13-10-7-8-11-14-27(31)34-22(2)3/h7,10,22-26,29-30H,4-6,8-9,11-21H2,1-3H3/b10-7-/t23-,24-,25?,26-/m0/s1. The maximum Gasteiger partial charge on any atom is 0.306 e. The molecule has 1 saturated heterocycles. The van der Waals surface area contributed by atoms with E-state index >= 15 is 0 Å². The molecule has 1 unspecified atom stereocenters. The number of unbranched alkanes of at least 4 members (excludes halogenated alkanes) is 5. The minimum absolute atomic E-state index is 0.0662. The van der Waals surface area contributed by atoms with Gasteiger partial charge in [-0.1, -0.05) is 44.8 Å². The molecule has 34 heavy (non-hydrogen) atoms. The van der Waals surface area contributed by atoms with Gasteiger partial charge in [0, 0.05) is 25.9 Å². The fourth-order valence-electron chi connectivity index (χ4n) is 5.64. The van der Waals surface area contributed by atoms with Crippen LogP contribution in [0.25, 0.3) is 0 Å². The second kappa shape index (κ2) is 15.9. The van der Waals surface area contributed by atoms with Crippen LogP contribution < -0.4 is 0 Å². The Labute approximate surface area is 207 Å². The highest BCUT2D eigenvalue weighted by molar-refractivity contribution is 5.69. The molecule has 0 spiro atoms. The Bertz CT molecular complexity index is 583. The highest BCUT2D eigenvalue weighted by Crippen LogP contribution is 2.44. The van der Waals surface area contributed by atoms with Crippen molar-refractivity contribution in [2.24, 2.45) is 17.8 Å². The quantitative estimate of drug-likeness (QED) is 0.161. The maximum absolute atomic E-state index is 11.6. The Morgan fingerprint density at radius 3 is 2.47 bits per heavy atom. The van der Waals surface area contributed by atoms with Crippen molar-refractivity contribution in [2.45, 2.75) is 122 Å². The van der Waals surface area contributed by atoms with E-state index in [1.54, 1.807) is 0 Å². The number of hydrogen-bond acceptors (Lipinski definition) is 6. The number of carbonyl (C=O) groups is 1. The van der Waals surface area contributed by atoms with Crippen LogP contribution in [-0.4, -0.2) is 54.0 Å². The lowest BCUT2D eigenvalue weighted by molar-refractivity contribution is -0.171. The molecule has 2 aliphatic rings. The van der Waals surface area contributed by atoms with E-state index in [9.17, 15) is 15.0 Å². The third-order valence-corrected chi connectivity index (χ3v) is 7.46. The van der Waals surface area contributed by atoms with Crippen LogP contribution in [-0.2, 0) is 19.0 Å². The third-order valence-electron chi connectivity index (χ3n) is 7.46. The lowest BCUT2D eigenvalue weighted by atomic mass is 9.82. The van der Waals surface area contributed by atoms with Crippen LogP contribution in [0.2, 0.25) is 0 Å². The molecule has 0 amide bonds. The van der Waals surface area contributed by atoms with Gasteiger partial charge in [-0.25, -0.2) is 0 Å². The molecule has 1 aliphatic carbocycles. The molecule has 2 N–H and O–H groups in total. The largest absolute Gasteiger partial charge is 0.463 e. The van der Waals surface area contributed by atoms with E-state index < -0.39 is 5.79 Å². The highest BCUT2D eigenvalue weighted by Gasteiger charge is 2.44. The van der Waals surface area contributed by atoms with Gasteiger partial charge in [0.15, 0.2) is 5.79 Å². The minimum atomic E-state index is -0.481. The zero-order chi connectivity index (χ0) is 24.8. The van der Waals surface area contributed by atoms with Crippen LogP contribution in [0.5, 0.6) is 0 Å². The van der Waals surface area contributed by atoms with Gasteiger partial charge in [-0.3, -0.25) is 4.79 Å². The van der Waals surface area contributed by atoms with Crippen molar-refractivity contribution in [3.8, 4) is 0 Å². The number of aliphatic hydroxyl groups excluding tert-OH is 2. The van der Waals surface area contributed by atoms with E-state index in [4.69, 9.17) is 14.2 Å². The molecule has 0 aromatic heterocycles. The van der Waals surface area contributed by atoms with Crippen LogP contribution in [0.15, 0.2) is 12.2 Å². The number of rotatable bonds is 17. The third kappa shape index (κ3) is 9.96. The average molecular weight is 483 g/mol. The summed E-state index contributed by atoms with van der Waals surface area (Å²) in [4.78, 5) is 11.6. The Morgan fingerprint density at radius 1 is 1.06 bits per heavy atom. The van der Waals surface area contributed by atoms with Gasteiger partial charge in [0.1, 0.15) is 0 Å². The van der Waals surface area contributed by atoms with Gasteiger partial charge in [-0.05, 0) is 70.1 Å². The molecule has 0 aromatic carbocycles. The molecule has 1 aliphatic heterocycles. The first-order valence-corrected chi connectivity index (χ1v) is 13.8. The highest BCUT2D eigenvalue weighted by atomic mass is 16.7. The predicted molar refractivity (Wildman–Crippen MR) is 134 cm³/mol. The van der Waals surface area contributed by atoms with Crippen LogP contribution in [0.3, 0.4) is 0 Å². The molecular formula is C28H50O6. The summed E-state index contributed by atoms with van der Waals surface area (Å²) in [5, 5.41) is 20.7. The molecule has 4 atom stereocenters. The van der Waals surface area contributed by atoms with Gasteiger partial charge >= 0.3 is 5.97 Å². The van der Waals surface area contributed by atoms with Crippen molar-refractivity contribution < 1.29 is 29.2 Å². The van der Waals surface area contributed by atoms with Crippen LogP contribution in [0.1, 0.15) is 104 Å². The van der Waals surface area contributed by atoms with Crippen molar-refractivity contribution >= 4 is 5.97 Å². The van der Waals surface area contributed by atoms with Crippen LogP contribution in [0.4, 0.5) is 0 Å². The van der Waals surface area contributed by atoms with Gasteiger partial charge in [0.25, 0.3) is 0 Å². The van der Waals surface area contributed by atoms with E-state index in [-0.39, 0.29) is 42.5 Å². The molecule has 0 radical (unpaired) electrons. The van der Waals surface area contributed by atoms with E-state index in [2.05, 4.69) is 19.1 Å². The van der Waals surface area contributed by atoms with E-state index in [1.165, 1.54) is 25.7 Å². The summed E-state index contributed by atoms with van der Waals surface area (Å²) >= 11 is 0. The van der Waals surface area contributed by atoms with Gasteiger partial charge in [-0.15, -0.1) is 0 Å². The zero-order valence-corrected chi connectivity index (χ0v) is 21.9. The van der Waals surface area contributed by atoms with E-state index in [0.717, 1.165) is 44.9 Å². The number of allylic oxidation sites excluding steroid dienone is 2. The Morgan fingerprint density at radius 2 is 1.79 bits per heavy atom. The first-order valence-electron chi connectivity index (χ1n) is 13.8. The van der Waals surface area contributed by atoms with Gasteiger partial charge in [0.2, 0.25) is 0 Å². The van der Waals surface area contributed by atoms with E-state index in [0.29, 0.717) is 26.1 Å². The van der Waals surface area contributed by atoms with Crippen LogP contribution >= 0.6 is 0 Å². The number of hydrogen-bond donors (Lipinski definition) is 2. The fourth-order valence-corrected chi connectivity index (χ4v) is 5.64. The smallest absolute Gasteiger partial charge is 0.306 e. The summed E-state index contributed by atoms with van der Waals surface area (Å²) in [5.74, 6) is -0.0962. The summed E-state index contributed by atoms with van der Waals surface area (Å²) in [6.07, 6.45) is 16.1. The molecule has 1 heterocycles. The summed E-state index contributed by atoms with van der Waals surface area (Å²) in [5.41, 5.74) is 0. The Balaban J connectivity index is 1.83. The monoisotopic (exact) mass is 482 g/mol. The number of carbonyl (C=O) groups excluding carboxylic acids is 1. The molecule has 6 nitrogen and oxygen atoms in total. The zero-order valence-electron chi connectivity index (χ0n) is 21.9. The van der Waals surface area contributed by atoms with Crippen molar-refractivity contribution in [3.05, 3.63) is 12.2 Å². The lowest BCUT2D eigenvalue weighted by Gasteiger charge is -2.31. The van der Waals surface area contributed by atoms with Crippen LogP contribution in [0, 0.1) is 17.8 Å². The van der Waals surface area contributed by atoms with Gasteiger partial charge < -0.3 is 24.4 Å². The first-order chi connectivity index (χ1) is 16.4. The van der Waals surface area contributed by atoms with Crippen molar-refractivity contribution in [1.82, 2.24) is 0 Å². The minimum Gasteiger partial charge on any atom is -0.463 e. The predicted octanol–water partition coefficient (Wildman–Crippen LogP) is 5.54. The molecule has 198 valence electrons. The van der Waals surface area contributed by atoms with Crippen molar-refractivity contribution in [2.75, 3.05) is 19.8 Å². The Hall–Kier alpha value is -0.950. The average Bonchev–Trinajstić information content (AvgIpc) is 3.38. The van der Waals surface area contributed by atoms with E-state index in [1.807, 2.05) is 13.8 Å². The first kappa shape index (κ1) is 29.3. The molecule has 0 aromatic rings. The summed E-state index contributed by atoms with van der Waals surface area (Å²) in [6.45, 7) is 7.38. The second-order valence-electron chi connectivity index (χ2n) is 10.5. The van der Waals surface area contributed by atoms with Gasteiger partial charge in [-0.2, -0.15) is 0 Å². The summed E-state index contributed by atoms with van der Waals surface area (Å²) < 4.78 is 17.4. The Kier molecular flexibility index (Phi) is 13.7. The molecule has 6 heteroatoms. The lowest BCUT2D eigenvalue weighted by Crippen LogP contribution is -2.32. The number of esters is 1. The van der Waals surface area contributed by atoms with Crippen molar-refractivity contribution in [3.63, 3.8) is 0 Å². The van der Waals surface area contributed by atoms with Crippen molar-refractivity contribution in [1.29, 1.82) is 0 Å². The topological polar surface area (TPSA) is 85.2 Å². The number of ether oxygens (including phenoxy) is 3. The SMILES string of the molecule is CCCCCCCC1(CC[C@@H]2C(C/C=C\CCCC(=O)OC(C)C)[C@@H](O)C[C@H]2CO)OCCO1. The molecule has 2 rings (SSSR count). The molecular weight excluding hydrogens is 432 g/mol. The summed E-state index contributed by atoms with van der Waals surface area (Å²) in [6, 6.07) is 0. The fraction of sp³-hybridized carbons (Fsp3) is 0.893. The normalized spacial score (nSPS) is 26.6. The number of aliphatic hydroxyl groups is 2. The summed E-state index contributed by atoms with van der Waals surface area (Å²) in [7, 11) is 0. The van der Waals surface area contributed by atoms with Gasteiger partial charge in [0.05, 0.1) is 25.4 Å². The second-order valence-corrected chi connectivity index (χ2v) is 10.5. The molecule has 2 fully saturated rings.